The number of methoxy groups -OCH3 is 1. The monoisotopic (exact) mass is 452 g/mol. The maximum absolute atomic E-state index is 13.1. The van der Waals surface area contributed by atoms with E-state index in [9.17, 15) is 14.7 Å². The highest BCUT2D eigenvalue weighted by Crippen LogP contribution is 2.40. The Hall–Kier alpha value is -3.32. The average Bonchev–Trinajstić information content (AvgIpc) is 3.04. The van der Waals surface area contributed by atoms with Gasteiger partial charge in [-0.05, 0) is 82.4 Å². The second-order valence-corrected chi connectivity index (χ2v) is 8.34. The fraction of sp³-hybridized carbons (Fsp3) is 0.385. The largest absolute Gasteiger partial charge is 0.507 e. The van der Waals surface area contributed by atoms with Gasteiger partial charge in [-0.15, -0.1) is 0 Å². The number of rotatable bonds is 9. The van der Waals surface area contributed by atoms with Gasteiger partial charge in [0, 0.05) is 12.1 Å². The van der Waals surface area contributed by atoms with E-state index in [4.69, 9.17) is 9.47 Å². The number of amides is 1. The topological polar surface area (TPSA) is 79.3 Å². The van der Waals surface area contributed by atoms with Crippen molar-refractivity contribution in [2.24, 2.45) is 0 Å². The number of aryl methyl sites for hydroxylation is 1. The zero-order chi connectivity index (χ0) is 24.1. The van der Waals surface area contributed by atoms with Crippen LogP contribution in [0.4, 0.5) is 0 Å². The first-order valence-electron chi connectivity index (χ1n) is 11.1. The molecular formula is C26H32N2O5. The SMILES string of the molecule is CCOc1ccc([C@H]2C(=C(O)c3ccc(OC)c(C)c3)C(=O)C(=O)N2CCCN(C)C)cc1. The van der Waals surface area contributed by atoms with Crippen LogP contribution < -0.4 is 9.47 Å². The Morgan fingerprint density at radius 1 is 1.12 bits per heavy atom. The van der Waals surface area contributed by atoms with Crippen LogP contribution in [0.3, 0.4) is 0 Å². The van der Waals surface area contributed by atoms with Gasteiger partial charge in [0.05, 0.1) is 25.3 Å². The number of ether oxygens (including phenoxy) is 2. The minimum atomic E-state index is -0.676. The van der Waals surface area contributed by atoms with Crippen LogP contribution in [-0.2, 0) is 9.59 Å². The van der Waals surface area contributed by atoms with Crippen molar-refractivity contribution in [2.45, 2.75) is 26.3 Å². The molecule has 1 saturated heterocycles. The lowest BCUT2D eigenvalue weighted by molar-refractivity contribution is -0.139. The van der Waals surface area contributed by atoms with Crippen molar-refractivity contribution >= 4 is 17.4 Å². The quantitative estimate of drug-likeness (QED) is 0.354. The summed E-state index contributed by atoms with van der Waals surface area (Å²) in [5.41, 5.74) is 2.13. The van der Waals surface area contributed by atoms with E-state index in [1.807, 2.05) is 57.1 Å². The van der Waals surface area contributed by atoms with E-state index in [-0.39, 0.29) is 11.3 Å². The van der Waals surface area contributed by atoms with Crippen molar-refractivity contribution in [1.82, 2.24) is 9.80 Å². The van der Waals surface area contributed by atoms with Crippen LogP contribution in [0.5, 0.6) is 11.5 Å². The highest BCUT2D eigenvalue weighted by atomic mass is 16.5. The molecule has 7 heteroatoms. The van der Waals surface area contributed by atoms with Crippen molar-refractivity contribution in [2.75, 3.05) is 40.9 Å². The average molecular weight is 453 g/mol. The van der Waals surface area contributed by atoms with E-state index in [0.29, 0.717) is 36.6 Å². The van der Waals surface area contributed by atoms with E-state index in [1.54, 1.807) is 30.2 Å². The number of hydrogen-bond donors (Lipinski definition) is 1. The molecule has 0 saturated carbocycles. The lowest BCUT2D eigenvalue weighted by Crippen LogP contribution is -2.32. The van der Waals surface area contributed by atoms with Crippen molar-refractivity contribution in [3.05, 3.63) is 64.7 Å². The number of benzene rings is 2. The predicted molar refractivity (Wildman–Crippen MR) is 128 cm³/mol. The highest BCUT2D eigenvalue weighted by Gasteiger charge is 2.45. The number of Topliss-reactive ketones (excluding diaryl/α,β-unsaturated/α-hetero) is 1. The Kier molecular flexibility index (Phi) is 7.76. The van der Waals surface area contributed by atoms with Crippen LogP contribution in [0.2, 0.25) is 0 Å². The van der Waals surface area contributed by atoms with Crippen LogP contribution >= 0.6 is 0 Å². The molecular weight excluding hydrogens is 420 g/mol. The van der Waals surface area contributed by atoms with Crippen molar-refractivity contribution in [1.29, 1.82) is 0 Å². The van der Waals surface area contributed by atoms with Crippen LogP contribution in [0.25, 0.3) is 5.76 Å². The van der Waals surface area contributed by atoms with E-state index >= 15 is 0 Å². The van der Waals surface area contributed by atoms with Gasteiger partial charge in [-0.3, -0.25) is 9.59 Å². The van der Waals surface area contributed by atoms with Crippen LogP contribution in [-0.4, -0.2) is 67.5 Å². The van der Waals surface area contributed by atoms with Crippen LogP contribution in [0.1, 0.15) is 36.1 Å². The van der Waals surface area contributed by atoms with E-state index in [0.717, 1.165) is 17.7 Å². The van der Waals surface area contributed by atoms with Gasteiger partial charge in [0.15, 0.2) is 0 Å². The molecule has 0 radical (unpaired) electrons. The van der Waals surface area contributed by atoms with Gasteiger partial charge >= 0.3 is 0 Å². The zero-order valence-corrected chi connectivity index (χ0v) is 19.9. The van der Waals surface area contributed by atoms with Gasteiger partial charge in [-0.2, -0.15) is 0 Å². The fourth-order valence-electron chi connectivity index (χ4n) is 4.11. The molecule has 0 aliphatic carbocycles. The number of aliphatic hydroxyl groups excluding tert-OH is 1. The lowest BCUT2D eigenvalue weighted by atomic mass is 9.94. The highest BCUT2D eigenvalue weighted by molar-refractivity contribution is 6.46. The molecule has 2 aromatic rings. The second-order valence-electron chi connectivity index (χ2n) is 8.34. The molecule has 0 spiro atoms. The molecule has 1 fully saturated rings. The van der Waals surface area contributed by atoms with E-state index < -0.39 is 17.7 Å². The predicted octanol–water partition coefficient (Wildman–Crippen LogP) is 3.78. The molecule has 1 aliphatic rings. The fourth-order valence-corrected chi connectivity index (χ4v) is 4.11. The van der Waals surface area contributed by atoms with E-state index in [2.05, 4.69) is 0 Å². The Morgan fingerprint density at radius 2 is 1.82 bits per heavy atom. The summed E-state index contributed by atoms with van der Waals surface area (Å²) in [6, 6.07) is 11.8. The minimum absolute atomic E-state index is 0.0959. The third-order valence-electron chi connectivity index (χ3n) is 5.72. The lowest BCUT2D eigenvalue weighted by Gasteiger charge is -2.26. The molecule has 176 valence electrons. The second kappa shape index (κ2) is 10.5. The van der Waals surface area contributed by atoms with Gasteiger partial charge in [-0.1, -0.05) is 12.1 Å². The number of likely N-dealkylation sites (tertiary alicyclic amines) is 1. The van der Waals surface area contributed by atoms with Crippen molar-refractivity contribution < 1.29 is 24.2 Å². The molecule has 0 unspecified atom stereocenters. The first kappa shape index (κ1) is 24.3. The summed E-state index contributed by atoms with van der Waals surface area (Å²) in [7, 11) is 5.50. The molecule has 3 rings (SSSR count). The molecule has 1 atom stereocenters. The summed E-state index contributed by atoms with van der Waals surface area (Å²) >= 11 is 0. The molecule has 1 heterocycles. The normalized spacial score (nSPS) is 17.6. The molecule has 0 aromatic heterocycles. The third-order valence-corrected chi connectivity index (χ3v) is 5.72. The number of ketones is 1. The zero-order valence-electron chi connectivity index (χ0n) is 19.9. The molecule has 2 aromatic carbocycles. The smallest absolute Gasteiger partial charge is 0.295 e. The number of hydrogen-bond acceptors (Lipinski definition) is 6. The maximum Gasteiger partial charge on any atom is 0.295 e. The summed E-state index contributed by atoms with van der Waals surface area (Å²) in [6.45, 7) is 5.48. The van der Waals surface area contributed by atoms with Gasteiger partial charge in [-0.25, -0.2) is 0 Å². The maximum atomic E-state index is 13.1. The molecule has 1 aliphatic heterocycles. The summed E-state index contributed by atoms with van der Waals surface area (Å²) < 4.78 is 10.8. The van der Waals surface area contributed by atoms with Crippen LogP contribution in [0, 0.1) is 6.92 Å². The number of carbonyl (C=O) groups is 2. The Morgan fingerprint density at radius 3 is 2.39 bits per heavy atom. The summed E-state index contributed by atoms with van der Waals surface area (Å²) in [5.74, 6) is -0.0763. The Labute approximate surface area is 195 Å². The Bertz CT molecular complexity index is 1040. The van der Waals surface area contributed by atoms with Crippen molar-refractivity contribution in [3.8, 4) is 11.5 Å². The minimum Gasteiger partial charge on any atom is -0.507 e. The number of carbonyl (C=O) groups excluding carboxylic acids is 2. The first-order chi connectivity index (χ1) is 15.8. The van der Waals surface area contributed by atoms with Gasteiger partial charge in [0.1, 0.15) is 17.3 Å². The van der Waals surface area contributed by atoms with E-state index in [1.165, 1.54) is 0 Å². The first-order valence-corrected chi connectivity index (χ1v) is 11.1. The summed E-state index contributed by atoms with van der Waals surface area (Å²) in [6.07, 6.45) is 0.704. The Balaban J connectivity index is 2.08. The molecule has 1 N–H and O–H groups in total. The standard InChI is InChI=1S/C26H32N2O5/c1-6-33-20-11-8-18(9-12-20)23-22(24(29)19-10-13-21(32-5)17(2)16-19)25(30)26(31)28(23)15-7-14-27(3)4/h8-13,16,23,29H,6-7,14-15H2,1-5H3/t23-/m0/s1. The molecule has 7 nitrogen and oxygen atoms in total. The number of nitrogens with zero attached hydrogens (tertiary/aromatic N) is 2. The summed E-state index contributed by atoms with van der Waals surface area (Å²) in [4.78, 5) is 29.7. The molecule has 33 heavy (non-hydrogen) atoms. The molecule has 1 amide bonds. The van der Waals surface area contributed by atoms with Gasteiger partial charge in [0.2, 0.25) is 0 Å². The molecule has 0 bridgehead atoms. The number of aliphatic hydroxyl groups is 1. The third kappa shape index (κ3) is 5.20. The summed E-state index contributed by atoms with van der Waals surface area (Å²) in [5, 5.41) is 11.2. The van der Waals surface area contributed by atoms with Crippen molar-refractivity contribution in [3.63, 3.8) is 0 Å². The van der Waals surface area contributed by atoms with Gasteiger partial charge < -0.3 is 24.4 Å². The van der Waals surface area contributed by atoms with Crippen LogP contribution in [0.15, 0.2) is 48.0 Å². The van der Waals surface area contributed by atoms with Gasteiger partial charge in [0.25, 0.3) is 11.7 Å².